The molecule has 1 rings (SSSR count). The van der Waals surface area contributed by atoms with Gasteiger partial charge in [-0.3, -0.25) is 0 Å². The lowest BCUT2D eigenvalue weighted by Crippen LogP contribution is -2.17. The maximum Gasteiger partial charge on any atom is 0.573 e. The molecular formula is C9H7F5O2. The second-order valence-electron chi connectivity index (χ2n) is 2.75. The van der Waals surface area contributed by atoms with Crippen molar-refractivity contribution in [3.63, 3.8) is 0 Å². The Morgan fingerprint density at radius 1 is 1.19 bits per heavy atom. The zero-order chi connectivity index (χ0) is 12.3. The molecule has 0 N–H and O–H groups in total. The summed E-state index contributed by atoms with van der Waals surface area (Å²) >= 11 is 0. The van der Waals surface area contributed by atoms with Gasteiger partial charge in [0.15, 0.2) is 0 Å². The predicted molar refractivity (Wildman–Crippen MR) is 44.6 cm³/mol. The first kappa shape index (κ1) is 12.5. The van der Waals surface area contributed by atoms with E-state index in [2.05, 4.69) is 9.47 Å². The van der Waals surface area contributed by atoms with Crippen molar-refractivity contribution < 1.29 is 31.4 Å². The molecular weight excluding hydrogens is 235 g/mol. The number of ether oxygens (including phenoxy) is 2. The molecule has 0 unspecified atom stereocenters. The molecule has 0 heterocycles. The predicted octanol–water partition coefficient (Wildman–Crippen LogP) is 3.53. The molecule has 1 aromatic carbocycles. The minimum atomic E-state index is -4.86. The summed E-state index contributed by atoms with van der Waals surface area (Å²) in [5, 5.41) is 0. The van der Waals surface area contributed by atoms with Gasteiger partial charge in [-0.2, -0.15) is 0 Å². The highest BCUT2D eigenvalue weighted by atomic mass is 19.4. The molecule has 0 atom stereocenters. The van der Waals surface area contributed by atoms with Crippen molar-refractivity contribution in [2.24, 2.45) is 0 Å². The molecule has 0 radical (unpaired) electrons. The number of benzene rings is 1. The van der Waals surface area contributed by atoms with E-state index in [0.29, 0.717) is 0 Å². The summed E-state index contributed by atoms with van der Waals surface area (Å²) in [5.41, 5.74) is -0.489. The van der Waals surface area contributed by atoms with Crippen LogP contribution in [-0.2, 0) is 0 Å². The van der Waals surface area contributed by atoms with Crippen molar-refractivity contribution in [3.05, 3.63) is 23.8 Å². The van der Waals surface area contributed by atoms with Gasteiger partial charge in [0.1, 0.15) is 11.5 Å². The number of hydrogen-bond acceptors (Lipinski definition) is 2. The van der Waals surface area contributed by atoms with E-state index < -0.39 is 24.1 Å². The van der Waals surface area contributed by atoms with Crippen molar-refractivity contribution in [1.29, 1.82) is 0 Å². The molecule has 7 heteroatoms. The average Bonchev–Trinajstić information content (AvgIpc) is 2.14. The normalized spacial score (nSPS) is 11.7. The fraction of sp³-hybridized carbons (Fsp3) is 0.333. The number of rotatable bonds is 3. The molecule has 0 aliphatic heterocycles. The van der Waals surface area contributed by atoms with Crippen LogP contribution in [0.3, 0.4) is 0 Å². The van der Waals surface area contributed by atoms with Crippen LogP contribution in [0.1, 0.15) is 12.0 Å². The van der Waals surface area contributed by atoms with Gasteiger partial charge in [0, 0.05) is 6.07 Å². The van der Waals surface area contributed by atoms with E-state index in [0.717, 1.165) is 25.3 Å². The first-order chi connectivity index (χ1) is 7.33. The van der Waals surface area contributed by atoms with Crippen LogP contribution in [-0.4, -0.2) is 13.5 Å². The molecule has 0 spiro atoms. The molecule has 2 nitrogen and oxygen atoms in total. The zero-order valence-corrected chi connectivity index (χ0v) is 8.02. The van der Waals surface area contributed by atoms with E-state index in [1.807, 2.05) is 0 Å². The van der Waals surface area contributed by atoms with Gasteiger partial charge in [0.25, 0.3) is 6.43 Å². The molecule has 0 saturated carbocycles. The van der Waals surface area contributed by atoms with Crippen LogP contribution in [0, 0.1) is 0 Å². The second-order valence-corrected chi connectivity index (χ2v) is 2.75. The molecule has 90 valence electrons. The van der Waals surface area contributed by atoms with E-state index in [1.54, 1.807) is 0 Å². The minimum Gasteiger partial charge on any atom is -0.496 e. The summed E-state index contributed by atoms with van der Waals surface area (Å²) < 4.78 is 68.2. The Morgan fingerprint density at radius 2 is 1.81 bits per heavy atom. The smallest absolute Gasteiger partial charge is 0.496 e. The molecule has 1 aromatic rings. The second kappa shape index (κ2) is 4.54. The topological polar surface area (TPSA) is 18.5 Å². The summed E-state index contributed by atoms with van der Waals surface area (Å²) in [6.07, 6.45) is -7.69. The Kier molecular flexibility index (Phi) is 3.56. The van der Waals surface area contributed by atoms with Gasteiger partial charge in [-0.15, -0.1) is 13.2 Å². The fourth-order valence-electron chi connectivity index (χ4n) is 1.07. The molecule has 0 aromatic heterocycles. The quantitative estimate of drug-likeness (QED) is 0.755. The molecule has 0 saturated heterocycles. The van der Waals surface area contributed by atoms with Gasteiger partial charge in [-0.25, -0.2) is 8.78 Å². The highest BCUT2D eigenvalue weighted by Crippen LogP contribution is 2.33. The third-order valence-corrected chi connectivity index (χ3v) is 1.67. The summed E-state index contributed by atoms with van der Waals surface area (Å²) in [5.74, 6) is -0.953. The summed E-state index contributed by atoms with van der Waals surface area (Å²) in [6.45, 7) is 0. The Balaban J connectivity index is 3.00. The summed E-state index contributed by atoms with van der Waals surface area (Å²) in [6, 6.07) is 2.39. The Morgan fingerprint density at radius 3 is 2.25 bits per heavy atom. The van der Waals surface area contributed by atoms with Gasteiger partial charge >= 0.3 is 6.36 Å². The lowest BCUT2D eigenvalue weighted by Gasteiger charge is -2.12. The average molecular weight is 242 g/mol. The highest BCUT2D eigenvalue weighted by molar-refractivity contribution is 5.41. The van der Waals surface area contributed by atoms with E-state index >= 15 is 0 Å². The van der Waals surface area contributed by atoms with Gasteiger partial charge in [-0.05, 0) is 12.1 Å². The molecule has 0 aliphatic carbocycles. The monoisotopic (exact) mass is 242 g/mol. The molecule has 0 fully saturated rings. The third kappa shape index (κ3) is 3.25. The Labute approximate surface area is 87.6 Å². The van der Waals surface area contributed by atoms with Crippen molar-refractivity contribution >= 4 is 0 Å². The largest absolute Gasteiger partial charge is 0.573 e. The fourth-order valence-corrected chi connectivity index (χ4v) is 1.07. The van der Waals surface area contributed by atoms with E-state index in [1.165, 1.54) is 0 Å². The maximum absolute atomic E-state index is 12.3. The lowest BCUT2D eigenvalue weighted by atomic mass is 10.2. The van der Waals surface area contributed by atoms with Gasteiger partial charge in [0.05, 0.1) is 12.7 Å². The van der Waals surface area contributed by atoms with Crippen molar-refractivity contribution in [1.82, 2.24) is 0 Å². The summed E-state index contributed by atoms with van der Waals surface area (Å²) in [4.78, 5) is 0. The van der Waals surface area contributed by atoms with Crippen LogP contribution in [0.2, 0.25) is 0 Å². The highest BCUT2D eigenvalue weighted by Gasteiger charge is 2.31. The zero-order valence-electron chi connectivity index (χ0n) is 8.02. The molecule has 0 bridgehead atoms. The van der Waals surface area contributed by atoms with Crippen molar-refractivity contribution in [2.45, 2.75) is 12.8 Å². The van der Waals surface area contributed by atoms with E-state index in [4.69, 9.17) is 0 Å². The van der Waals surface area contributed by atoms with Crippen molar-refractivity contribution in [3.8, 4) is 11.5 Å². The molecule has 0 amide bonds. The van der Waals surface area contributed by atoms with Crippen LogP contribution in [0.15, 0.2) is 18.2 Å². The van der Waals surface area contributed by atoms with Crippen molar-refractivity contribution in [2.75, 3.05) is 7.11 Å². The third-order valence-electron chi connectivity index (χ3n) is 1.67. The van der Waals surface area contributed by atoms with Gasteiger partial charge < -0.3 is 9.47 Å². The van der Waals surface area contributed by atoms with E-state index in [-0.39, 0.29) is 5.75 Å². The molecule has 0 aliphatic rings. The van der Waals surface area contributed by atoms with Gasteiger partial charge in [0.2, 0.25) is 0 Å². The first-order valence-electron chi connectivity index (χ1n) is 4.05. The van der Waals surface area contributed by atoms with E-state index in [9.17, 15) is 22.0 Å². The number of hydrogen-bond donors (Lipinski definition) is 0. The number of alkyl halides is 5. The Hall–Kier alpha value is -1.53. The SMILES string of the molecule is COc1cc(OC(F)(F)F)ccc1C(F)F. The van der Waals surface area contributed by atoms with Crippen LogP contribution < -0.4 is 9.47 Å². The van der Waals surface area contributed by atoms with Crippen LogP contribution in [0.25, 0.3) is 0 Å². The standard InChI is InChI=1S/C9H7F5O2/c1-15-7-4-5(16-9(12,13)14)2-3-6(7)8(10)11/h2-4,8H,1H3. The van der Waals surface area contributed by atoms with Gasteiger partial charge in [-0.1, -0.05) is 0 Å². The lowest BCUT2D eigenvalue weighted by molar-refractivity contribution is -0.274. The summed E-state index contributed by atoms with van der Waals surface area (Å²) in [7, 11) is 1.08. The first-order valence-corrected chi connectivity index (χ1v) is 4.05. The molecule has 16 heavy (non-hydrogen) atoms. The number of halogens is 5. The van der Waals surface area contributed by atoms with Crippen LogP contribution in [0.4, 0.5) is 22.0 Å². The van der Waals surface area contributed by atoms with Crippen LogP contribution in [0.5, 0.6) is 11.5 Å². The number of methoxy groups -OCH3 is 1. The maximum atomic E-state index is 12.3. The van der Waals surface area contributed by atoms with Crippen LogP contribution >= 0.6 is 0 Å². The Bertz CT molecular complexity index is 361. The minimum absolute atomic E-state index is 0.350.